The summed E-state index contributed by atoms with van der Waals surface area (Å²) in [5.41, 5.74) is 0.510. The minimum atomic E-state index is -4.94. The van der Waals surface area contributed by atoms with Crippen LogP contribution in [0.25, 0.3) is 0 Å². The molecule has 1 heterocycles. The van der Waals surface area contributed by atoms with Crippen LogP contribution >= 0.6 is 0 Å². The Balaban J connectivity index is 0.000000233. The third-order valence-electron chi connectivity index (χ3n) is 5.27. The molecule has 4 bridgehead atoms. The second-order valence-electron chi connectivity index (χ2n) is 6.80. The second-order valence-corrected chi connectivity index (χ2v) is 7.56. The van der Waals surface area contributed by atoms with Gasteiger partial charge in [-0.3, -0.25) is 0 Å². The number of halogens is 1. The lowest BCUT2D eigenvalue weighted by molar-refractivity contribution is -2.00. The fourth-order valence-electron chi connectivity index (χ4n) is 5.10. The van der Waals surface area contributed by atoms with E-state index in [9.17, 15) is 0 Å². The molecule has 0 saturated heterocycles. The second kappa shape index (κ2) is 5.48. The molecule has 5 nitrogen and oxygen atoms in total. The quantitative estimate of drug-likeness (QED) is 0.568. The number of aromatic nitrogens is 1. The van der Waals surface area contributed by atoms with Crippen LogP contribution in [0.5, 0.6) is 0 Å². The SMILES string of the molecule is [O-][Cl+3]([O-])([O-])[O-].c1cc[n+](C23CC4CC(CC(C4)C2)C3)cc1. The van der Waals surface area contributed by atoms with Gasteiger partial charge in [-0.15, -0.1) is 10.2 Å². The summed E-state index contributed by atoms with van der Waals surface area (Å²) in [5, 5.41) is 0. The summed E-state index contributed by atoms with van der Waals surface area (Å²) in [4.78, 5) is 0. The lowest BCUT2D eigenvalue weighted by Crippen LogP contribution is -2.68. The minimum absolute atomic E-state index is 0.510. The maximum atomic E-state index is 8.49. The molecule has 4 fully saturated rings. The number of hydrogen-bond acceptors (Lipinski definition) is 4. The van der Waals surface area contributed by atoms with E-state index in [1.165, 1.54) is 38.5 Å². The highest BCUT2D eigenvalue weighted by Gasteiger charge is 2.56. The van der Waals surface area contributed by atoms with E-state index < -0.39 is 10.2 Å². The monoisotopic (exact) mass is 313 g/mol. The van der Waals surface area contributed by atoms with Crippen LogP contribution in [0.4, 0.5) is 0 Å². The third-order valence-corrected chi connectivity index (χ3v) is 5.27. The molecule has 0 unspecified atom stereocenters. The summed E-state index contributed by atoms with van der Waals surface area (Å²) >= 11 is 0. The number of rotatable bonds is 1. The Bertz CT molecular complexity index is 447. The van der Waals surface area contributed by atoms with Crippen LogP contribution in [-0.4, -0.2) is 0 Å². The summed E-state index contributed by atoms with van der Waals surface area (Å²) in [7, 11) is -4.94. The van der Waals surface area contributed by atoms with Gasteiger partial charge in [0.2, 0.25) is 0 Å². The first kappa shape index (κ1) is 15.2. The summed E-state index contributed by atoms with van der Waals surface area (Å²) in [5.74, 6) is 3.12. The first-order valence-electron chi connectivity index (χ1n) is 7.43. The zero-order valence-electron chi connectivity index (χ0n) is 11.8. The lowest BCUT2D eigenvalue weighted by Gasteiger charge is -2.53. The van der Waals surface area contributed by atoms with Crippen molar-refractivity contribution in [2.75, 3.05) is 0 Å². The Hall–Kier alpha value is -0.720. The summed E-state index contributed by atoms with van der Waals surface area (Å²) < 4.78 is 36.5. The van der Waals surface area contributed by atoms with Crippen LogP contribution < -0.4 is 23.2 Å². The predicted octanol–water partition coefficient (Wildman–Crippen LogP) is -1.86. The molecule has 1 aromatic rings. The van der Waals surface area contributed by atoms with Gasteiger partial charge in [0.25, 0.3) is 0 Å². The van der Waals surface area contributed by atoms with Crippen molar-refractivity contribution in [3.8, 4) is 0 Å². The highest BCUT2D eigenvalue weighted by molar-refractivity contribution is 5.00. The number of pyridine rings is 1. The highest BCUT2D eigenvalue weighted by Crippen LogP contribution is 2.56. The molecule has 0 spiro atoms. The Morgan fingerprint density at radius 1 is 0.762 bits per heavy atom. The van der Waals surface area contributed by atoms with Crippen molar-refractivity contribution in [3.63, 3.8) is 0 Å². The van der Waals surface area contributed by atoms with Crippen LogP contribution in [-0.2, 0) is 5.54 Å². The van der Waals surface area contributed by atoms with Crippen molar-refractivity contribution >= 4 is 0 Å². The molecule has 116 valence electrons. The number of hydrogen-bond donors (Lipinski definition) is 0. The highest BCUT2D eigenvalue weighted by atomic mass is 35.7. The van der Waals surface area contributed by atoms with Gasteiger partial charge in [-0.1, -0.05) is 6.07 Å². The van der Waals surface area contributed by atoms with Crippen LogP contribution in [0.1, 0.15) is 38.5 Å². The molecule has 5 rings (SSSR count). The van der Waals surface area contributed by atoms with Crippen molar-refractivity contribution in [2.45, 2.75) is 44.1 Å². The number of nitrogens with zero attached hydrogens (tertiary/aromatic N) is 1. The van der Waals surface area contributed by atoms with Crippen molar-refractivity contribution in [1.29, 1.82) is 0 Å². The normalized spacial score (nSPS) is 37.0. The maximum absolute atomic E-state index is 8.49. The van der Waals surface area contributed by atoms with Crippen molar-refractivity contribution in [3.05, 3.63) is 30.6 Å². The van der Waals surface area contributed by atoms with Gasteiger partial charge < -0.3 is 0 Å². The van der Waals surface area contributed by atoms with Crippen LogP contribution in [0, 0.1) is 28.0 Å². The molecular formula is C15H20ClNO4. The molecule has 0 amide bonds. The molecule has 0 N–H and O–H groups in total. The van der Waals surface area contributed by atoms with Gasteiger partial charge in [-0.05, 0) is 37.0 Å². The molecule has 4 aliphatic rings. The van der Waals surface area contributed by atoms with Crippen molar-refractivity contribution < 1.29 is 33.4 Å². The average Bonchev–Trinajstić information content (AvgIpc) is 2.36. The maximum Gasteiger partial charge on any atom is 0.169 e. The standard InChI is InChI=1S/C15H20N.ClHO4/c1-2-4-16(5-3-1)15-9-12-6-13(10-15)8-14(7-12)11-15;2-1(3,4)5/h1-5,12-14H,6-11H2;(H,2,3,4,5)/q+1;/p-1. The van der Waals surface area contributed by atoms with Gasteiger partial charge in [0, 0.05) is 31.4 Å². The third kappa shape index (κ3) is 3.55. The molecule has 0 aromatic carbocycles. The summed E-state index contributed by atoms with van der Waals surface area (Å²) in [6.45, 7) is 0. The van der Waals surface area contributed by atoms with Gasteiger partial charge in [0.15, 0.2) is 17.9 Å². The molecule has 4 saturated carbocycles. The lowest BCUT2D eigenvalue weighted by atomic mass is 9.53. The molecule has 0 aliphatic heterocycles. The first-order valence-corrected chi connectivity index (χ1v) is 8.66. The van der Waals surface area contributed by atoms with E-state index in [1.54, 1.807) is 0 Å². The molecule has 6 heteroatoms. The Morgan fingerprint density at radius 3 is 1.52 bits per heavy atom. The molecule has 0 radical (unpaired) electrons. The minimum Gasteiger partial charge on any atom is -0.222 e. The van der Waals surface area contributed by atoms with E-state index in [1.807, 2.05) is 0 Å². The van der Waals surface area contributed by atoms with Crippen molar-refractivity contribution in [2.24, 2.45) is 17.8 Å². The molecule has 21 heavy (non-hydrogen) atoms. The zero-order valence-corrected chi connectivity index (χ0v) is 12.6. The van der Waals surface area contributed by atoms with Gasteiger partial charge in [-0.25, -0.2) is 18.6 Å². The molecule has 1 aromatic heterocycles. The fourth-order valence-corrected chi connectivity index (χ4v) is 5.10. The smallest absolute Gasteiger partial charge is 0.169 e. The topological polar surface area (TPSA) is 96.1 Å². The summed E-state index contributed by atoms with van der Waals surface area (Å²) in [6.07, 6.45) is 13.6. The Labute approximate surface area is 126 Å². The van der Waals surface area contributed by atoms with E-state index in [-0.39, 0.29) is 0 Å². The van der Waals surface area contributed by atoms with E-state index in [0.29, 0.717) is 5.54 Å². The Kier molecular flexibility index (Phi) is 3.96. The van der Waals surface area contributed by atoms with Gasteiger partial charge in [0.1, 0.15) is 0 Å². The predicted molar refractivity (Wildman–Crippen MR) is 62.8 cm³/mol. The average molecular weight is 314 g/mol. The first-order chi connectivity index (χ1) is 9.84. The van der Waals surface area contributed by atoms with Gasteiger partial charge in [-0.2, -0.15) is 4.57 Å². The van der Waals surface area contributed by atoms with Gasteiger partial charge in [0.05, 0.1) is 0 Å². The van der Waals surface area contributed by atoms with E-state index in [4.69, 9.17) is 18.6 Å². The van der Waals surface area contributed by atoms with Crippen molar-refractivity contribution in [1.82, 2.24) is 0 Å². The molecular weight excluding hydrogens is 294 g/mol. The van der Waals surface area contributed by atoms with Crippen LogP contribution in [0.15, 0.2) is 30.6 Å². The Morgan fingerprint density at radius 2 is 1.14 bits per heavy atom. The zero-order chi connectivity index (χ0) is 15.1. The van der Waals surface area contributed by atoms with Crippen LogP contribution in [0.2, 0.25) is 0 Å². The van der Waals surface area contributed by atoms with E-state index in [2.05, 4.69) is 35.2 Å². The fraction of sp³-hybridized carbons (Fsp3) is 0.667. The molecule has 0 atom stereocenters. The molecule has 4 aliphatic carbocycles. The summed E-state index contributed by atoms with van der Waals surface area (Å²) in [6, 6.07) is 6.52. The van der Waals surface area contributed by atoms with Gasteiger partial charge >= 0.3 is 0 Å². The van der Waals surface area contributed by atoms with E-state index >= 15 is 0 Å². The van der Waals surface area contributed by atoms with E-state index in [0.717, 1.165) is 17.8 Å². The van der Waals surface area contributed by atoms with Crippen LogP contribution in [0.3, 0.4) is 0 Å². The largest absolute Gasteiger partial charge is 0.222 e.